The van der Waals surface area contributed by atoms with Crippen molar-refractivity contribution < 1.29 is 9.59 Å². The summed E-state index contributed by atoms with van der Waals surface area (Å²) in [6.07, 6.45) is 63.7. The lowest BCUT2D eigenvalue weighted by molar-refractivity contribution is -0.116. The van der Waals surface area contributed by atoms with Crippen molar-refractivity contribution in [3.05, 3.63) is 121 Å². The summed E-state index contributed by atoms with van der Waals surface area (Å²) in [5.74, 6) is -0.0819. The number of unbranched alkanes of at least 4 members (excludes halogenated alkanes) is 36. The van der Waals surface area contributed by atoms with E-state index in [4.69, 9.17) is 0 Å². The van der Waals surface area contributed by atoms with Gasteiger partial charge >= 0.3 is 0 Å². The zero-order valence-corrected chi connectivity index (χ0v) is 61.0. The molecule has 0 aromatic heterocycles. The zero-order chi connectivity index (χ0) is 63.0. The summed E-state index contributed by atoms with van der Waals surface area (Å²) in [4.78, 5) is 29.6. The van der Waals surface area contributed by atoms with Crippen molar-refractivity contribution >= 4 is 60.1 Å². The van der Waals surface area contributed by atoms with E-state index in [1.807, 2.05) is 0 Å². The van der Waals surface area contributed by atoms with E-state index in [9.17, 15) is 9.59 Å². The van der Waals surface area contributed by atoms with E-state index in [1.165, 1.54) is 309 Å². The van der Waals surface area contributed by atoms with Crippen molar-refractivity contribution in [1.82, 2.24) is 0 Å². The van der Waals surface area contributed by atoms with E-state index in [0.717, 1.165) is 46.0 Å². The maximum absolute atomic E-state index is 14.6. The van der Waals surface area contributed by atoms with Gasteiger partial charge in [0.25, 0.3) is 0 Å². The monoisotopic (exact) mass is 1320 g/mol. The lowest BCUT2D eigenvalue weighted by Gasteiger charge is -2.36. The Kier molecular flexibility index (Phi) is 34.3. The first-order valence-corrected chi connectivity index (χ1v) is 39.2. The molecule has 6 rings (SSSR count). The van der Waals surface area contributed by atoms with E-state index in [-0.39, 0.29) is 22.4 Å². The number of allylic oxidation sites excluding steroid dienone is 8. The molecule has 0 N–H and O–H groups in total. The van der Waals surface area contributed by atoms with E-state index in [2.05, 4.69) is 140 Å². The smallest absolute Gasteiger partial charge is 0.160 e. The summed E-state index contributed by atoms with van der Waals surface area (Å²) in [5, 5.41) is 0. The van der Waals surface area contributed by atoms with Crippen molar-refractivity contribution in [2.75, 3.05) is 0 Å². The highest BCUT2D eigenvalue weighted by Gasteiger charge is 2.46. The molecule has 0 fully saturated rings. The Morgan fingerprint density at radius 2 is 0.682 bits per heavy atom. The zero-order valence-electron chi connectivity index (χ0n) is 57.8. The number of hydrogen-bond acceptors (Lipinski definition) is 2. The van der Waals surface area contributed by atoms with Gasteiger partial charge < -0.3 is 0 Å². The van der Waals surface area contributed by atoms with Gasteiger partial charge in [-0.2, -0.15) is 0 Å². The number of Topliss-reactive ketones (excluding diaryl/α,β-unsaturated/α-hetero) is 2. The lowest BCUT2D eigenvalue weighted by Crippen LogP contribution is -2.29. The Bertz CT molecular complexity index is 2660. The number of alkyl halides is 1. The minimum absolute atomic E-state index is 0.0401. The number of benzene rings is 3. The Morgan fingerprint density at radius 1 is 0.386 bits per heavy atom. The van der Waals surface area contributed by atoms with Gasteiger partial charge in [0.05, 0.1) is 0 Å². The molecule has 0 saturated heterocycles. The first-order chi connectivity index (χ1) is 42.9. The van der Waals surface area contributed by atoms with E-state index in [1.54, 1.807) is 19.4 Å². The fourth-order valence-electron chi connectivity index (χ4n) is 16.2. The molecule has 0 heterocycles. The summed E-state index contributed by atoms with van der Waals surface area (Å²) in [7, 11) is 0. The van der Waals surface area contributed by atoms with Crippen molar-refractivity contribution in [3.8, 4) is 11.1 Å². The Hall–Kier alpha value is -3.08. The molecule has 0 bridgehead atoms. The molecule has 3 aliphatic rings. The van der Waals surface area contributed by atoms with Gasteiger partial charge in [0.2, 0.25) is 0 Å². The number of rotatable bonds is 49. The molecule has 0 radical (unpaired) electrons. The van der Waals surface area contributed by atoms with Crippen molar-refractivity contribution in [2.45, 2.75) is 360 Å². The van der Waals surface area contributed by atoms with E-state index in [0.29, 0.717) is 16.0 Å². The number of carbonyl (C=O) groups excluding carboxylic acids is 2. The third-order valence-electron chi connectivity index (χ3n) is 21.3. The lowest BCUT2D eigenvalue weighted by atomic mass is 9.68. The van der Waals surface area contributed by atoms with Crippen LogP contribution in [-0.4, -0.2) is 16.4 Å². The SMILES string of the molecule is CCCCCCCCCCCCC1(CCCCCCCCCCCC)C2=C(C=CC(Br)C2)c2ccc(/C(C)=C(C(C)=O)/C(C(C)=O)=C(\C)c3ccc4c(c3)C(CCCCCCCCCCCC)(CCCCCCCCCCCC)c3cc(Br)ccc3-4)cc21. The minimum Gasteiger partial charge on any atom is -0.294 e. The summed E-state index contributed by atoms with van der Waals surface area (Å²) in [6.45, 7) is 16.9. The summed E-state index contributed by atoms with van der Waals surface area (Å²) >= 11 is 8.08. The molecule has 3 aromatic carbocycles. The van der Waals surface area contributed by atoms with Crippen molar-refractivity contribution in [1.29, 1.82) is 0 Å². The maximum atomic E-state index is 14.6. The van der Waals surface area contributed by atoms with Crippen LogP contribution in [0, 0.1) is 0 Å². The third-order valence-corrected chi connectivity index (χ3v) is 22.4. The van der Waals surface area contributed by atoms with Crippen LogP contribution in [0.1, 0.15) is 378 Å². The second-order valence-corrected chi connectivity index (χ2v) is 30.3. The first-order valence-electron chi connectivity index (χ1n) is 37.5. The number of halogens is 2. The molecule has 0 amide bonds. The normalized spacial score (nSPS) is 16.0. The van der Waals surface area contributed by atoms with Crippen LogP contribution in [0.2, 0.25) is 0 Å². The van der Waals surface area contributed by atoms with Crippen LogP contribution in [0.5, 0.6) is 0 Å². The quantitative estimate of drug-likeness (QED) is 0.0244. The first kappa shape index (κ1) is 74.0. The predicted octanol–water partition coefficient (Wildman–Crippen LogP) is 28.1. The molecule has 0 saturated carbocycles. The maximum Gasteiger partial charge on any atom is 0.160 e. The van der Waals surface area contributed by atoms with Gasteiger partial charge in [-0.05, 0) is 145 Å². The number of fused-ring (bicyclic) bond motifs is 5. The highest BCUT2D eigenvalue weighted by Crippen LogP contribution is 2.58. The second kappa shape index (κ2) is 40.8. The predicted molar refractivity (Wildman–Crippen MR) is 394 cm³/mol. The summed E-state index contributed by atoms with van der Waals surface area (Å²) in [6, 6.07) is 21.3. The topological polar surface area (TPSA) is 34.1 Å². The van der Waals surface area contributed by atoms with Gasteiger partial charge in [-0.3, -0.25) is 9.59 Å². The molecule has 88 heavy (non-hydrogen) atoms. The molecular weight excluding hydrogens is 1200 g/mol. The Balaban J connectivity index is 1.35. The molecule has 2 nitrogen and oxygen atoms in total. The summed E-state index contributed by atoms with van der Waals surface area (Å²) < 4.78 is 1.15. The van der Waals surface area contributed by atoms with Crippen molar-refractivity contribution in [2.24, 2.45) is 0 Å². The standard InChI is InChI=1S/C84H126Br2O2/c1-9-13-17-21-25-29-33-37-41-45-57-83(58-46-42-38-34-30-26-22-18-14-10-2)77-61-69(49-53-73(77)75-55-51-71(85)63-79(75)83)65(5)81(67(7)87)82(68(8)88)66(6)70-50-54-74-76-56-52-72(86)64-80(76)84(78(74)62-70,59-47-43-39-35-31-27-23-19-15-11-3)60-48-44-40-36-32-28-24-20-16-12-4/h49-56,61-63,72H,9-48,57-60,64H2,1-8H3/b81-65+,82-66+. The van der Waals surface area contributed by atoms with Gasteiger partial charge in [-0.15, -0.1) is 0 Å². The van der Waals surface area contributed by atoms with Crippen LogP contribution in [0.25, 0.3) is 27.8 Å². The van der Waals surface area contributed by atoms with E-state index >= 15 is 0 Å². The largest absolute Gasteiger partial charge is 0.294 e. The van der Waals surface area contributed by atoms with Gasteiger partial charge in [0.1, 0.15) is 0 Å². The van der Waals surface area contributed by atoms with Gasteiger partial charge in [-0.25, -0.2) is 0 Å². The average molecular weight is 1330 g/mol. The average Bonchev–Trinajstić information content (AvgIpc) is 1.58. The van der Waals surface area contributed by atoms with Crippen LogP contribution >= 0.6 is 31.9 Å². The number of carbonyl (C=O) groups is 2. The molecule has 1 atom stereocenters. The summed E-state index contributed by atoms with van der Waals surface area (Å²) in [5.41, 5.74) is 16.5. The Morgan fingerprint density at radius 3 is 1.03 bits per heavy atom. The molecule has 4 heteroatoms. The van der Waals surface area contributed by atoms with Crippen LogP contribution in [0.3, 0.4) is 0 Å². The molecule has 1 unspecified atom stereocenters. The minimum atomic E-state index is -0.119. The molecular formula is C84H126Br2O2. The highest BCUT2D eigenvalue weighted by molar-refractivity contribution is 9.10. The van der Waals surface area contributed by atoms with Gasteiger partial charge in [-0.1, -0.05) is 364 Å². The van der Waals surface area contributed by atoms with Crippen LogP contribution in [-0.2, 0) is 20.4 Å². The highest BCUT2D eigenvalue weighted by atomic mass is 79.9. The van der Waals surface area contributed by atoms with Crippen molar-refractivity contribution in [3.63, 3.8) is 0 Å². The number of ketones is 2. The van der Waals surface area contributed by atoms with Crippen LogP contribution in [0.15, 0.2) is 87.9 Å². The third kappa shape index (κ3) is 21.5. The molecule has 3 aromatic rings. The molecule has 488 valence electrons. The fourth-order valence-corrected chi connectivity index (χ4v) is 17.0. The fraction of sp³-hybridized carbons (Fsp3) is 0.667. The molecule has 0 spiro atoms. The Labute approximate surface area is 558 Å². The number of hydrogen-bond donors (Lipinski definition) is 0. The second-order valence-electron chi connectivity index (χ2n) is 28.2. The van der Waals surface area contributed by atoms with Gasteiger partial charge in [0, 0.05) is 31.3 Å². The molecule has 3 aliphatic carbocycles. The van der Waals surface area contributed by atoms with Crippen LogP contribution in [0.4, 0.5) is 0 Å². The van der Waals surface area contributed by atoms with E-state index < -0.39 is 0 Å². The van der Waals surface area contributed by atoms with Gasteiger partial charge in [0.15, 0.2) is 11.6 Å². The molecule has 0 aliphatic heterocycles. The van der Waals surface area contributed by atoms with Crippen LogP contribution < -0.4 is 0 Å².